The maximum atomic E-state index is 10.1. The van der Waals surface area contributed by atoms with Crippen LogP contribution < -0.4 is 5.32 Å². The minimum absolute atomic E-state index is 0. The number of hydrogen-bond acceptors (Lipinski definition) is 2. The summed E-state index contributed by atoms with van der Waals surface area (Å²) in [6.45, 7) is 0.858. The van der Waals surface area contributed by atoms with Crippen LogP contribution >= 0.6 is 0 Å². The summed E-state index contributed by atoms with van der Waals surface area (Å²) in [7, 11) is 0. The second-order valence-electron chi connectivity index (χ2n) is 1.99. The van der Waals surface area contributed by atoms with Crippen molar-refractivity contribution in [2.45, 2.75) is 18.9 Å². The van der Waals surface area contributed by atoms with Gasteiger partial charge in [-0.05, 0) is 19.4 Å². The van der Waals surface area contributed by atoms with E-state index in [9.17, 15) is 4.79 Å². The normalized spacial score (nSPS) is 25.1. The zero-order valence-electron chi connectivity index (χ0n) is 4.86. The maximum absolute atomic E-state index is 10.1. The number of carboxylic acid groups (broad SMARTS) is 1. The number of hydrogen-bond donors (Lipinski definition) is 2. The molecule has 1 radical (unpaired) electrons. The molecule has 57 valence electrons. The predicted molar refractivity (Wildman–Crippen MR) is 28.7 cm³/mol. The van der Waals surface area contributed by atoms with Crippen LogP contribution in [0.15, 0.2) is 0 Å². The van der Waals surface area contributed by atoms with E-state index in [1.54, 1.807) is 0 Å². The molecule has 1 rings (SSSR count). The number of carbonyl (C=O) groups is 1. The quantitative estimate of drug-likeness (QED) is 0.548. The van der Waals surface area contributed by atoms with Crippen LogP contribution in [-0.4, -0.2) is 23.7 Å². The van der Waals surface area contributed by atoms with Gasteiger partial charge in [0.2, 0.25) is 0 Å². The first-order valence-electron chi connectivity index (χ1n) is 2.77. The molecule has 2 N–H and O–H groups in total. The number of rotatable bonds is 1. The molecule has 1 fully saturated rings. The van der Waals surface area contributed by atoms with E-state index >= 15 is 0 Å². The molecule has 1 saturated heterocycles. The van der Waals surface area contributed by atoms with E-state index in [1.165, 1.54) is 0 Å². The van der Waals surface area contributed by atoms with E-state index in [2.05, 4.69) is 5.32 Å². The van der Waals surface area contributed by atoms with E-state index in [0.29, 0.717) is 0 Å². The van der Waals surface area contributed by atoms with Gasteiger partial charge in [0.1, 0.15) is 6.04 Å². The molecule has 0 spiro atoms. The van der Waals surface area contributed by atoms with Crippen LogP contribution in [0.3, 0.4) is 0 Å². The average molecular weight is 179 g/mol. The largest absolute Gasteiger partial charge is 0.480 e. The van der Waals surface area contributed by atoms with Crippen molar-refractivity contribution in [1.82, 2.24) is 5.32 Å². The third-order valence-corrected chi connectivity index (χ3v) is 1.36. The van der Waals surface area contributed by atoms with Gasteiger partial charge in [-0.3, -0.25) is 4.79 Å². The molecule has 1 atom stereocenters. The standard InChI is InChI=1S/C5H9NO2.Cu/c7-5(8)4-2-1-3-6-4;/h4,6H,1-3H2,(H,7,8);/t4-;/m0./s1. The van der Waals surface area contributed by atoms with E-state index in [1.807, 2.05) is 0 Å². The SMILES string of the molecule is O=C(O)[C@@H]1CCCN1.[Cu]. The monoisotopic (exact) mass is 178 g/mol. The zero-order chi connectivity index (χ0) is 5.98. The van der Waals surface area contributed by atoms with Crippen molar-refractivity contribution in [2.24, 2.45) is 0 Å². The van der Waals surface area contributed by atoms with E-state index in [0.717, 1.165) is 19.4 Å². The Bertz CT molecular complexity index is 101. The van der Waals surface area contributed by atoms with Crippen molar-refractivity contribution >= 4 is 5.97 Å². The number of nitrogens with one attached hydrogen (secondary N) is 1. The van der Waals surface area contributed by atoms with Crippen LogP contribution in [0.5, 0.6) is 0 Å². The summed E-state index contributed by atoms with van der Waals surface area (Å²) in [6.07, 6.45) is 1.78. The van der Waals surface area contributed by atoms with Crippen molar-refractivity contribution in [1.29, 1.82) is 0 Å². The number of aliphatic carboxylic acids is 1. The summed E-state index contributed by atoms with van der Waals surface area (Å²) in [6, 6.07) is -0.269. The van der Waals surface area contributed by atoms with Crippen molar-refractivity contribution in [3.63, 3.8) is 0 Å². The van der Waals surface area contributed by atoms with Crippen LogP contribution in [0, 0.1) is 0 Å². The Balaban J connectivity index is 0.000000640. The average Bonchev–Trinajstić information content (AvgIpc) is 2.12. The Labute approximate surface area is 64.3 Å². The summed E-state index contributed by atoms with van der Waals surface area (Å²) < 4.78 is 0. The second-order valence-corrected chi connectivity index (χ2v) is 1.99. The molecular weight excluding hydrogens is 170 g/mol. The fourth-order valence-electron chi connectivity index (χ4n) is 0.895. The van der Waals surface area contributed by atoms with E-state index in [4.69, 9.17) is 5.11 Å². The Morgan fingerprint density at radius 1 is 1.67 bits per heavy atom. The van der Waals surface area contributed by atoms with Gasteiger partial charge < -0.3 is 10.4 Å². The third-order valence-electron chi connectivity index (χ3n) is 1.36. The molecule has 0 aromatic heterocycles. The molecule has 0 unspecified atom stereocenters. The van der Waals surface area contributed by atoms with Gasteiger partial charge in [0, 0.05) is 17.1 Å². The Morgan fingerprint density at radius 3 is 2.56 bits per heavy atom. The fraction of sp³-hybridized carbons (Fsp3) is 0.800. The molecule has 1 aliphatic rings. The van der Waals surface area contributed by atoms with Gasteiger partial charge in [-0.15, -0.1) is 0 Å². The first kappa shape index (κ1) is 8.95. The van der Waals surface area contributed by atoms with Crippen molar-refractivity contribution in [2.75, 3.05) is 6.54 Å². The zero-order valence-corrected chi connectivity index (χ0v) is 5.80. The topological polar surface area (TPSA) is 49.3 Å². The van der Waals surface area contributed by atoms with Crippen molar-refractivity contribution in [3.05, 3.63) is 0 Å². The van der Waals surface area contributed by atoms with Crippen LogP contribution in [0.1, 0.15) is 12.8 Å². The third kappa shape index (κ3) is 2.35. The van der Waals surface area contributed by atoms with Gasteiger partial charge in [-0.25, -0.2) is 0 Å². The summed E-state index contributed by atoms with van der Waals surface area (Å²) in [5, 5.41) is 11.2. The molecule has 1 aliphatic heterocycles. The second kappa shape index (κ2) is 3.88. The van der Waals surface area contributed by atoms with Gasteiger partial charge in [-0.2, -0.15) is 0 Å². The molecule has 0 saturated carbocycles. The summed E-state index contributed by atoms with van der Waals surface area (Å²) in [5.74, 6) is -0.720. The molecule has 0 bridgehead atoms. The molecule has 0 aromatic carbocycles. The summed E-state index contributed by atoms with van der Waals surface area (Å²) in [4.78, 5) is 10.1. The predicted octanol–water partition coefficient (Wildman–Crippen LogP) is -0.179. The minimum atomic E-state index is -0.720. The minimum Gasteiger partial charge on any atom is -0.480 e. The summed E-state index contributed by atoms with van der Waals surface area (Å²) >= 11 is 0. The van der Waals surface area contributed by atoms with Crippen LogP contribution in [0.25, 0.3) is 0 Å². The Kier molecular flexibility index (Phi) is 3.86. The van der Waals surface area contributed by atoms with Gasteiger partial charge in [0.05, 0.1) is 0 Å². The fourth-order valence-corrected chi connectivity index (χ4v) is 0.895. The van der Waals surface area contributed by atoms with Crippen molar-refractivity contribution in [3.8, 4) is 0 Å². The Morgan fingerprint density at radius 2 is 2.33 bits per heavy atom. The molecule has 4 heteroatoms. The van der Waals surface area contributed by atoms with Gasteiger partial charge in [0.15, 0.2) is 0 Å². The molecule has 0 aromatic rings. The molecule has 3 nitrogen and oxygen atoms in total. The maximum Gasteiger partial charge on any atom is 0.320 e. The Hall–Kier alpha value is -0.0505. The first-order chi connectivity index (χ1) is 3.80. The van der Waals surface area contributed by atoms with Gasteiger partial charge in [-0.1, -0.05) is 0 Å². The molecule has 0 amide bonds. The first-order valence-corrected chi connectivity index (χ1v) is 2.77. The van der Waals surface area contributed by atoms with E-state index < -0.39 is 5.97 Å². The smallest absolute Gasteiger partial charge is 0.320 e. The molecular formula is C5H9CuNO2. The van der Waals surface area contributed by atoms with Crippen LogP contribution in [0.2, 0.25) is 0 Å². The summed E-state index contributed by atoms with van der Waals surface area (Å²) in [5.41, 5.74) is 0. The van der Waals surface area contributed by atoms with Gasteiger partial charge >= 0.3 is 5.97 Å². The van der Waals surface area contributed by atoms with Gasteiger partial charge in [0.25, 0.3) is 0 Å². The molecule has 1 heterocycles. The van der Waals surface area contributed by atoms with Crippen molar-refractivity contribution < 1.29 is 27.0 Å². The van der Waals surface area contributed by atoms with Crippen LogP contribution in [0.4, 0.5) is 0 Å². The molecule has 0 aliphatic carbocycles. The molecule has 9 heavy (non-hydrogen) atoms. The van der Waals surface area contributed by atoms with E-state index in [-0.39, 0.29) is 23.1 Å². The van der Waals surface area contributed by atoms with Crippen LogP contribution in [-0.2, 0) is 21.9 Å². The number of carboxylic acids is 1.